The number of aryl methyl sites for hydroxylation is 1. The Morgan fingerprint density at radius 1 is 1.62 bits per heavy atom. The maximum absolute atomic E-state index is 12.4. The first-order valence-corrected chi connectivity index (χ1v) is 3.71. The lowest BCUT2D eigenvalue weighted by Gasteiger charge is -2.09. The highest BCUT2D eigenvalue weighted by Gasteiger charge is 2.17. The molecule has 0 spiro atoms. The third-order valence-corrected chi connectivity index (χ3v) is 1.73. The van der Waals surface area contributed by atoms with Gasteiger partial charge >= 0.3 is 0 Å². The molecule has 0 aliphatic rings. The van der Waals surface area contributed by atoms with Crippen LogP contribution >= 0.6 is 0 Å². The van der Waals surface area contributed by atoms with Crippen LogP contribution < -0.4 is 5.73 Å². The Bertz CT molecular complexity index is 315. The predicted molar refractivity (Wildman–Crippen MR) is 44.3 cm³/mol. The highest BCUT2D eigenvalue weighted by molar-refractivity contribution is 5.41. The van der Waals surface area contributed by atoms with Gasteiger partial charge in [-0.1, -0.05) is 0 Å². The molecule has 1 aromatic heterocycles. The summed E-state index contributed by atoms with van der Waals surface area (Å²) < 4.78 is 24.8. The lowest BCUT2D eigenvalue weighted by molar-refractivity contribution is 0.145. The van der Waals surface area contributed by atoms with Gasteiger partial charge in [0.1, 0.15) is 5.82 Å². The molecule has 1 rings (SSSR count). The van der Waals surface area contributed by atoms with Gasteiger partial charge in [0.05, 0.1) is 12.3 Å². The second kappa shape index (κ2) is 3.66. The fraction of sp³-hybridized carbons (Fsp3) is 0.375. The third-order valence-electron chi connectivity index (χ3n) is 1.73. The van der Waals surface area contributed by atoms with Crippen LogP contribution in [0.1, 0.15) is 23.2 Å². The third kappa shape index (κ3) is 1.92. The minimum atomic E-state index is -2.63. The van der Waals surface area contributed by atoms with E-state index in [9.17, 15) is 8.78 Å². The van der Waals surface area contributed by atoms with Crippen LogP contribution in [0.4, 0.5) is 14.6 Å². The monoisotopic (exact) mass is 188 g/mol. The van der Waals surface area contributed by atoms with E-state index < -0.39 is 13.0 Å². The van der Waals surface area contributed by atoms with Gasteiger partial charge in [-0.15, -0.1) is 0 Å². The zero-order chi connectivity index (χ0) is 10.0. The molecule has 1 heterocycles. The minimum Gasteiger partial charge on any atom is -0.390 e. The number of alkyl halides is 2. The summed E-state index contributed by atoms with van der Waals surface area (Å²) in [6, 6.07) is 1.36. The van der Waals surface area contributed by atoms with Gasteiger partial charge in [-0.05, 0) is 18.6 Å². The van der Waals surface area contributed by atoms with Gasteiger partial charge in [-0.3, -0.25) is 0 Å². The summed E-state index contributed by atoms with van der Waals surface area (Å²) in [5.74, 6) is 0.144. The smallest absolute Gasteiger partial charge is 0.265 e. The van der Waals surface area contributed by atoms with Crippen LogP contribution in [0.25, 0.3) is 0 Å². The highest BCUT2D eigenvalue weighted by atomic mass is 19.3. The van der Waals surface area contributed by atoms with Crippen molar-refractivity contribution in [2.75, 3.05) is 5.73 Å². The van der Waals surface area contributed by atoms with Gasteiger partial charge in [0, 0.05) is 5.56 Å². The van der Waals surface area contributed by atoms with Crippen LogP contribution in [0.15, 0.2) is 6.07 Å². The molecule has 0 aliphatic carbocycles. The van der Waals surface area contributed by atoms with Gasteiger partial charge in [0.15, 0.2) is 0 Å². The zero-order valence-electron chi connectivity index (χ0n) is 7.09. The Hall–Kier alpha value is -1.23. The van der Waals surface area contributed by atoms with Gasteiger partial charge in [0.2, 0.25) is 0 Å². The van der Waals surface area contributed by atoms with Crippen molar-refractivity contribution >= 4 is 5.82 Å². The predicted octanol–water partition coefficient (Wildman–Crippen LogP) is 1.40. The number of aliphatic hydroxyl groups excluding tert-OH is 1. The molecule has 0 bridgehead atoms. The quantitative estimate of drug-likeness (QED) is 0.737. The molecule has 0 saturated heterocycles. The number of pyridine rings is 1. The summed E-state index contributed by atoms with van der Waals surface area (Å²) in [5, 5.41) is 8.76. The van der Waals surface area contributed by atoms with Crippen molar-refractivity contribution < 1.29 is 13.9 Å². The molecular weight excluding hydrogens is 178 g/mol. The number of hydrogen-bond donors (Lipinski definition) is 2. The van der Waals surface area contributed by atoms with Crippen molar-refractivity contribution in [3.63, 3.8) is 0 Å². The number of anilines is 1. The Morgan fingerprint density at radius 3 is 2.69 bits per heavy atom. The van der Waals surface area contributed by atoms with Crippen LogP contribution in [0.3, 0.4) is 0 Å². The summed E-state index contributed by atoms with van der Waals surface area (Å²) in [5.41, 5.74) is 5.42. The molecule has 0 aliphatic heterocycles. The molecule has 0 amide bonds. The maximum atomic E-state index is 12.4. The van der Waals surface area contributed by atoms with Crippen molar-refractivity contribution in [2.45, 2.75) is 20.0 Å². The standard InChI is InChI=1S/C8H10F2N2O/c1-4-2-6(11)12-5(3-13)7(4)8(9)10/h2,8,13H,3H2,1H3,(H2,11,12). The average molecular weight is 188 g/mol. The Labute approximate surface area is 74.2 Å². The van der Waals surface area contributed by atoms with Crippen LogP contribution in [-0.4, -0.2) is 10.1 Å². The Kier molecular flexibility index (Phi) is 2.77. The molecule has 5 heteroatoms. The summed E-state index contributed by atoms with van der Waals surface area (Å²) in [7, 11) is 0. The van der Waals surface area contributed by atoms with Crippen LogP contribution in [0, 0.1) is 6.92 Å². The molecule has 0 saturated carbocycles. The number of aliphatic hydroxyl groups is 1. The SMILES string of the molecule is Cc1cc(N)nc(CO)c1C(F)F. The number of nitrogens with two attached hydrogens (primary N) is 1. The summed E-state index contributed by atoms with van der Waals surface area (Å²) in [4.78, 5) is 3.62. The van der Waals surface area contributed by atoms with Crippen LogP contribution in [-0.2, 0) is 6.61 Å². The molecule has 0 atom stereocenters. The van der Waals surface area contributed by atoms with Crippen molar-refractivity contribution in [1.29, 1.82) is 0 Å². The topological polar surface area (TPSA) is 59.1 Å². The summed E-state index contributed by atoms with van der Waals surface area (Å²) in [6.45, 7) is 0.990. The summed E-state index contributed by atoms with van der Waals surface area (Å²) >= 11 is 0. The zero-order valence-corrected chi connectivity index (χ0v) is 7.09. The molecule has 3 N–H and O–H groups in total. The van der Waals surface area contributed by atoms with E-state index in [1.54, 1.807) is 0 Å². The number of nitrogen functional groups attached to an aromatic ring is 1. The fourth-order valence-corrected chi connectivity index (χ4v) is 1.19. The van der Waals surface area contributed by atoms with Gasteiger partial charge in [-0.2, -0.15) is 0 Å². The number of halogens is 2. The average Bonchev–Trinajstić information content (AvgIpc) is 2.01. The van der Waals surface area contributed by atoms with E-state index in [4.69, 9.17) is 10.8 Å². The molecule has 0 unspecified atom stereocenters. The number of hydrogen-bond acceptors (Lipinski definition) is 3. The van der Waals surface area contributed by atoms with Crippen molar-refractivity contribution in [2.24, 2.45) is 0 Å². The van der Waals surface area contributed by atoms with Crippen LogP contribution in [0.2, 0.25) is 0 Å². The van der Waals surface area contributed by atoms with Crippen molar-refractivity contribution in [1.82, 2.24) is 4.98 Å². The minimum absolute atomic E-state index is 0.0486. The first-order chi connectivity index (χ1) is 6.06. The first kappa shape index (κ1) is 9.85. The Morgan fingerprint density at radius 2 is 2.23 bits per heavy atom. The molecule has 0 radical (unpaired) electrons. The number of nitrogens with zero attached hydrogens (tertiary/aromatic N) is 1. The molecule has 0 fully saturated rings. The summed E-state index contributed by atoms with van der Waals surface area (Å²) in [6.07, 6.45) is -2.63. The molecule has 0 aromatic carbocycles. The van der Waals surface area contributed by atoms with E-state index in [1.165, 1.54) is 13.0 Å². The lowest BCUT2D eigenvalue weighted by Crippen LogP contribution is -2.04. The van der Waals surface area contributed by atoms with Crippen molar-refractivity contribution in [3.8, 4) is 0 Å². The number of aromatic nitrogens is 1. The number of rotatable bonds is 2. The molecular formula is C8H10F2N2O. The van der Waals surface area contributed by atoms with Gasteiger partial charge in [0.25, 0.3) is 6.43 Å². The van der Waals surface area contributed by atoms with E-state index in [2.05, 4.69) is 4.98 Å². The van der Waals surface area contributed by atoms with E-state index >= 15 is 0 Å². The van der Waals surface area contributed by atoms with Crippen molar-refractivity contribution in [3.05, 3.63) is 22.9 Å². The molecule has 3 nitrogen and oxygen atoms in total. The van der Waals surface area contributed by atoms with Crippen LogP contribution in [0.5, 0.6) is 0 Å². The lowest BCUT2D eigenvalue weighted by atomic mass is 10.1. The van der Waals surface area contributed by atoms with E-state index in [-0.39, 0.29) is 17.1 Å². The van der Waals surface area contributed by atoms with E-state index in [0.717, 1.165) is 0 Å². The van der Waals surface area contributed by atoms with Gasteiger partial charge in [-0.25, -0.2) is 13.8 Å². The molecule has 72 valence electrons. The largest absolute Gasteiger partial charge is 0.390 e. The van der Waals surface area contributed by atoms with Gasteiger partial charge < -0.3 is 10.8 Å². The first-order valence-electron chi connectivity index (χ1n) is 3.71. The fourth-order valence-electron chi connectivity index (χ4n) is 1.19. The molecule has 13 heavy (non-hydrogen) atoms. The molecule has 1 aromatic rings. The second-order valence-electron chi connectivity index (χ2n) is 2.68. The second-order valence-corrected chi connectivity index (χ2v) is 2.68. The van der Waals surface area contributed by atoms with E-state index in [0.29, 0.717) is 5.56 Å². The Balaban J connectivity index is 3.30. The van der Waals surface area contributed by atoms with E-state index in [1.807, 2.05) is 0 Å². The maximum Gasteiger partial charge on any atom is 0.265 e. The highest BCUT2D eigenvalue weighted by Crippen LogP contribution is 2.26. The normalized spacial score (nSPS) is 10.8.